The van der Waals surface area contributed by atoms with E-state index in [1.807, 2.05) is 41.5 Å². The Kier molecular flexibility index (Phi) is 6.08. The largest absolute Gasteiger partial charge is 0.335 e. The van der Waals surface area contributed by atoms with Gasteiger partial charge in [-0.15, -0.1) is 0 Å². The molecule has 0 aromatic carbocycles. The van der Waals surface area contributed by atoms with Crippen LogP contribution in [-0.4, -0.2) is 35.2 Å². The lowest BCUT2D eigenvalue weighted by atomic mass is 9.91. The Bertz CT molecular complexity index is 350. The third-order valence-electron chi connectivity index (χ3n) is 3.37. The van der Waals surface area contributed by atoms with Gasteiger partial charge in [-0.25, -0.2) is 9.59 Å². The third-order valence-corrected chi connectivity index (χ3v) is 3.37. The molecule has 1 aliphatic carbocycles. The van der Waals surface area contributed by atoms with Crippen molar-refractivity contribution in [2.24, 2.45) is 0 Å². The molecule has 0 radical (unpaired) electrons. The van der Waals surface area contributed by atoms with Gasteiger partial charge in [0.25, 0.3) is 0 Å². The molecule has 6 nitrogen and oxygen atoms in total. The lowest BCUT2D eigenvalue weighted by molar-refractivity contribution is 0.213. The Morgan fingerprint density at radius 3 is 1.18 bits per heavy atom. The molecule has 4 amide bonds. The van der Waals surface area contributed by atoms with Crippen LogP contribution < -0.4 is 21.3 Å². The van der Waals surface area contributed by atoms with Crippen LogP contribution in [0.1, 0.15) is 67.2 Å². The van der Waals surface area contributed by atoms with Crippen molar-refractivity contribution in [2.75, 3.05) is 0 Å². The first kappa shape index (κ1) is 18.6. The molecule has 0 unspecified atom stereocenters. The SMILES string of the molecule is CC(C)(C)NC(=O)NC1CCC(NC(=O)NC(C)(C)C)CC1. The minimum absolute atomic E-state index is 0.116. The summed E-state index contributed by atoms with van der Waals surface area (Å²) in [7, 11) is 0. The molecular formula is C16H32N4O2. The lowest BCUT2D eigenvalue weighted by Gasteiger charge is -2.31. The molecule has 4 N–H and O–H groups in total. The predicted octanol–water partition coefficient (Wildman–Crippen LogP) is 2.49. The molecule has 0 aromatic heterocycles. The Morgan fingerprint density at radius 2 is 0.955 bits per heavy atom. The van der Waals surface area contributed by atoms with Crippen molar-refractivity contribution in [3.63, 3.8) is 0 Å². The van der Waals surface area contributed by atoms with Crippen LogP contribution in [0.25, 0.3) is 0 Å². The molecule has 22 heavy (non-hydrogen) atoms. The smallest absolute Gasteiger partial charge is 0.315 e. The van der Waals surface area contributed by atoms with Crippen LogP contribution in [0.3, 0.4) is 0 Å². The van der Waals surface area contributed by atoms with Gasteiger partial charge in [-0.2, -0.15) is 0 Å². The number of carbonyl (C=O) groups excluding carboxylic acids is 2. The molecule has 0 spiro atoms. The van der Waals surface area contributed by atoms with Gasteiger partial charge in [0.05, 0.1) is 0 Å². The Balaban J connectivity index is 2.29. The zero-order valence-corrected chi connectivity index (χ0v) is 14.8. The van der Waals surface area contributed by atoms with Crippen LogP contribution in [-0.2, 0) is 0 Å². The van der Waals surface area contributed by atoms with E-state index in [2.05, 4.69) is 21.3 Å². The summed E-state index contributed by atoms with van der Waals surface area (Å²) in [6.07, 6.45) is 3.55. The second-order valence-electron chi connectivity index (χ2n) is 8.25. The second kappa shape index (κ2) is 7.20. The van der Waals surface area contributed by atoms with Crippen molar-refractivity contribution >= 4 is 12.1 Å². The molecule has 1 saturated carbocycles. The predicted molar refractivity (Wildman–Crippen MR) is 88.9 cm³/mol. The fourth-order valence-corrected chi connectivity index (χ4v) is 2.51. The highest BCUT2D eigenvalue weighted by molar-refractivity contribution is 5.75. The highest BCUT2D eigenvalue weighted by Gasteiger charge is 2.25. The van der Waals surface area contributed by atoms with Gasteiger partial charge in [-0.05, 0) is 67.2 Å². The Hall–Kier alpha value is -1.46. The van der Waals surface area contributed by atoms with E-state index < -0.39 is 0 Å². The molecule has 1 aliphatic rings. The summed E-state index contributed by atoms with van der Waals surface area (Å²) in [5.41, 5.74) is -0.457. The summed E-state index contributed by atoms with van der Waals surface area (Å²) in [5, 5.41) is 11.8. The molecule has 0 bridgehead atoms. The maximum Gasteiger partial charge on any atom is 0.315 e. The van der Waals surface area contributed by atoms with E-state index in [0.717, 1.165) is 25.7 Å². The first-order chi connectivity index (χ1) is 9.94. The van der Waals surface area contributed by atoms with Gasteiger partial charge < -0.3 is 21.3 Å². The van der Waals surface area contributed by atoms with Crippen LogP contribution >= 0.6 is 0 Å². The number of hydrogen-bond acceptors (Lipinski definition) is 2. The van der Waals surface area contributed by atoms with Gasteiger partial charge in [0.2, 0.25) is 0 Å². The zero-order chi connectivity index (χ0) is 17.0. The van der Waals surface area contributed by atoms with Crippen molar-refractivity contribution in [2.45, 2.75) is 90.4 Å². The minimum Gasteiger partial charge on any atom is -0.335 e. The summed E-state index contributed by atoms with van der Waals surface area (Å²) in [5.74, 6) is 0. The third kappa shape index (κ3) is 8.10. The summed E-state index contributed by atoms with van der Waals surface area (Å²) < 4.78 is 0. The lowest BCUT2D eigenvalue weighted by Crippen LogP contribution is -2.53. The highest BCUT2D eigenvalue weighted by Crippen LogP contribution is 2.18. The number of urea groups is 2. The number of rotatable bonds is 2. The molecule has 0 atom stereocenters. The van der Waals surface area contributed by atoms with E-state index in [-0.39, 0.29) is 35.2 Å². The average molecular weight is 312 g/mol. The van der Waals surface area contributed by atoms with Gasteiger partial charge in [0, 0.05) is 23.2 Å². The zero-order valence-electron chi connectivity index (χ0n) is 14.8. The highest BCUT2D eigenvalue weighted by atomic mass is 16.2. The fourth-order valence-electron chi connectivity index (χ4n) is 2.51. The summed E-state index contributed by atoms with van der Waals surface area (Å²) >= 11 is 0. The first-order valence-corrected chi connectivity index (χ1v) is 8.12. The van der Waals surface area contributed by atoms with E-state index in [1.165, 1.54) is 0 Å². The Labute approximate surface area is 134 Å². The van der Waals surface area contributed by atoms with Crippen molar-refractivity contribution in [1.82, 2.24) is 21.3 Å². The van der Waals surface area contributed by atoms with Gasteiger partial charge in [-0.1, -0.05) is 0 Å². The van der Waals surface area contributed by atoms with E-state index >= 15 is 0 Å². The standard InChI is InChI=1S/C16H32N4O2/c1-15(2,3)19-13(21)17-11-7-9-12(10-8-11)18-14(22)20-16(4,5)6/h11-12H,7-10H2,1-6H3,(H2,17,19,21)(H2,18,20,22). The first-order valence-electron chi connectivity index (χ1n) is 8.12. The van der Waals surface area contributed by atoms with E-state index in [4.69, 9.17) is 0 Å². The van der Waals surface area contributed by atoms with Crippen molar-refractivity contribution in [3.8, 4) is 0 Å². The molecule has 0 heterocycles. The second-order valence-corrected chi connectivity index (χ2v) is 8.25. The molecule has 6 heteroatoms. The van der Waals surface area contributed by atoms with Crippen LogP contribution in [0.2, 0.25) is 0 Å². The van der Waals surface area contributed by atoms with Crippen molar-refractivity contribution in [3.05, 3.63) is 0 Å². The minimum atomic E-state index is -0.228. The number of hydrogen-bond donors (Lipinski definition) is 4. The maximum atomic E-state index is 11.8. The number of carbonyl (C=O) groups is 2. The van der Waals surface area contributed by atoms with Crippen LogP contribution in [0.4, 0.5) is 9.59 Å². The van der Waals surface area contributed by atoms with Gasteiger partial charge in [-0.3, -0.25) is 0 Å². The van der Waals surface area contributed by atoms with Gasteiger partial charge >= 0.3 is 12.1 Å². The maximum absolute atomic E-state index is 11.8. The van der Waals surface area contributed by atoms with E-state index in [0.29, 0.717) is 0 Å². The molecule has 128 valence electrons. The summed E-state index contributed by atoms with van der Waals surface area (Å²) in [6, 6.07) is 0.140. The summed E-state index contributed by atoms with van der Waals surface area (Å²) in [4.78, 5) is 23.7. The van der Waals surface area contributed by atoms with Crippen LogP contribution in [0, 0.1) is 0 Å². The molecule has 0 aliphatic heterocycles. The quantitative estimate of drug-likeness (QED) is 0.632. The number of amides is 4. The van der Waals surface area contributed by atoms with Crippen molar-refractivity contribution < 1.29 is 9.59 Å². The normalized spacial score (nSPS) is 22.6. The van der Waals surface area contributed by atoms with Crippen LogP contribution in [0.15, 0.2) is 0 Å². The molecule has 1 rings (SSSR count). The fraction of sp³-hybridized carbons (Fsp3) is 0.875. The van der Waals surface area contributed by atoms with Gasteiger partial charge in [0.1, 0.15) is 0 Å². The Morgan fingerprint density at radius 1 is 0.682 bits per heavy atom. The van der Waals surface area contributed by atoms with Gasteiger partial charge in [0.15, 0.2) is 0 Å². The number of nitrogens with one attached hydrogen (secondary N) is 4. The molecule has 0 saturated heterocycles. The van der Waals surface area contributed by atoms with Crippen molar-refractivity contribution in [1.29, 1.82) is 0 Å². The molecule has 0 aromatic rings. The summed E-state index contributed by atoms with van der Waals surface area (Å²) in [6.45, 7) is 11.8. The average Bonchev–Trinajstić information content (AvgIpc) is 2.26. The van der Waals surface area contributed by atoms with E-state index in [1.54, 1.807) is 0 Å². The molecular weight excluding hydrogens is 280 g/mol. The monoisotopic (exact) mass is 312 g/mol. The topological polar surface area (TPSA) is 82.3 Å². The van der Waals surface area contributed by atoms with E-state index in [9.17, 15) is 9.59 Å². The molecule has 1 fully saturated rings. The van der Waals surface area contributed by atoms with Crippen LogP contribution in [0.5, 0.6) is 0 Å².